The van der Waals surface area contributed by atoms with Crippen molar-refractivity contribution < 1.29 is 4.43 Å². The molecule has 0 saturated heterocycles. The van der Waals surface area contributed by atoms with Crippen LogP contribution in [0.4, 0.5) is 0 Å². The Morgan fingerprint density at radius 3 is 1.83 bits per heavy atom. The summed E-state index contributed by atoms with van der Waals surface area (Å²) < 4.78 is 6.21. The van der Waals surface area contributed by atoms with Crippen LogP contribution in [0, 0.1) is 11.3 Å². The van der Waals surface area contributed by atoms with Crippen LogP contribution in [0.5, 0.6) is 5.75 Å². The molecule has 2 nitrogen and oxygen atoms in total. The molecule has 0 amide bonds. The van der Waals surface area contributed by atoms with E-state index in [1.54, 1.807) is 0 Å². The Kier molecular flexibility index (Phi) is 10.5. The standard InChI is InChI=1S/C21H35NOSi/c1-4-5-6-7-8-9-10-11-12-13-18-24(2,3)23-21-16-14-20(19-22)15-17-21/h14-17H,4-13,18H2,1-3H3. The quantitative estimate of drug-likeness (QED) is 0.283. The van der Waals surface area contributed by atoms with Crippen molar-refractivity contribution >= 4 is 8.32 Å². The van der Waals surface area contributed by atoms with Gasteiger partial charge in [-0.15, -0.1) is 0 Å². The van der Waals surface area contributed by atoms with Gasteiger partial charge in [-0.2, -0.15) is 5.26 Å². The summed E-state index contributed by atoms with van der Waals surface area (Å²) >= 11 is 0. The van der Waals surface area contributed by atoms with E-state index in [1.165, 1.54) is 70.3 Å². The Balaban J connectivity index is 2.09. The molecule has 0 aliphatic rings. The summed E-state index contributed by atoms with van der Waals surface area (Å²) in [6.45, 7) is 6.85. The normalized spacial score (nSPS) is 11.2. The van der Waals surface area contributed by atoms with Crippen molar-refractivity contribution in [1.82, 2.24) is 0 Å². The highest BCUT2D eigenvalue weighted by Crippen LogP contribution is 2.22. The summed E-state index contributed by atoms with van der Waals surface area (Å²) in [6, 6.07) is 10.9. The molecule has 0 bridgehead atoms. The van der Waals surface area contributed by atoms with Gasteiger partial charge in [0.05, 0.1) is 11.6 Å². The zero-order chi connectivity index (χ0) is 17.7. The number of nitriles is 1. The van der Waals surface area contributed by atoms with Crippen LogP contribution in [-0.2, 0) is 0 Å². The molecule has 0 radical (unpaired) electrons. The van der Waals surface area contributed by atoms with Crippen molar-refractivity contribution in [1.29, 1.82) is 5.26 Å². The first kappa shape index (κ1) is 20.8. The molecule has 0 atom stereocenters. The first-order chi connectivity index (χ1) is 11.6. The fraction of sp³-hybridized carbons (Fsp3) is 0.667. The second-order valence-corrected chi connectivity index (χ2v) is 11.7. The van der Waals surface area contributed by atoms with Crippen molar-refractivity contribution in [3.05, 3.63) is 29.8 Å². The number of rotatable bonds is 13. The molecule has 0 aliphatic carbocycles. The number of hydrogen-bond donors (Lipinski definition) is 0. The maximum absolute atomic E-state index is 8.84. The average molecular weight is 346 g/mol. The molecule has 1 aromatic rings. The molecule has 0 N–H and O–H groups in total. The molecule has 0 heterocycles. The minimum atomic E-state index is -1.64. The third-order valence-corrected chi connectivity index (χ3v) is 6.86. The molecule has 24 heavy (non-hydrogen) atoms. The second kappa shape index (κ2) is 12.1. The lowest BCUT2D eigenvalue weighted by atomic mass is 10.1. The van der Waals surface area contributed by atoms with Gasteiger partial charge in [0.15, 0.2) is 0 Å². The molecule has 0 unspecified atom stereocenters. The van der Waals surface area contributed by atoms with Crippen LogP contribution < -0.4 is 4.43 Å². The SMILES string of the molecule is CCCCCCCCCCCC[Si](C)(C)Oc1ccc(C#N)cc1. The molecule has 0 aromatic heterocycles. The average Bonchev–Trinajstić information content (AvgIpc) is 2.57. The van der Waals surface area contributed by atoms with E-state index < -0.39 is 8.32 Å². The Hall–Kier alpha value is -1.27. The van der Waals surface area contributed by atoms with Crippen LogP contribution in [0.1, 0.15) is 76.7 Å². The first-order valence-electron chi connectivity index (χ1n) is 9.76. The minimum Gasteiger partial charge on any atom is -0.544 e. The van der Waals surface area contributed by atoms with Crippen LogP contribution in [0.2, 0.25) is 19.1 Å². The zero-order valence-corrected chi connectivity index (χ0v) is 16.9. The Labute approximate surface area is 150 Å². The summed E-state index contributed by atoms with van der Waals surface area (Å²) in [5, 5.41) is 8.84. The molecule has 3 heteroatoms. The van der Waals surface area contributed by atoms with E-state index in [2.05, 4.69) is 26.1 Å². The Bertz CT molecular complexity index is 476. The summed E-state index contributed by atoms with van der Waals surface area (Å²) in [5.74, 6) is 0.915. The molecule has 0 aliphatic heterocycles. The lowest BCUT2D eigenvalue weighted by Gasteiger charge is -2.24. The zero-order valence-electron chi connectivity index (χ0n) is 15.9. The maximum atomic E-state index is 8.84. The van der Waals surface area contributed by atoms with Gasteiger partial charge in [0, 0.05) is 0 Å². The Morgan fingerprint density at radius 2 is 1.33 bits per heavy atom. The predicted molar refractivity (Wildman–Crippen MR) is 106 cm³/mol. The van der Waals surface area contributed by atoms with E-state index in [0.29, 0.717) is 5.56 Å². The molecule has 0 fully saturated rings. The van der Waals surface area contributed by atoms with Gasteiger partial charge < -0.3 is 4.43 Å². The van der Waals surface area contributed by atoms with Crippen molar-refractivity contribution in [3.63, 3.8) is 0 Å². The molecule has 0 spiro atoms. The largest absolute Gasteiger partial charge is 0.544 e. The van der Waals surface area contributed by atoms with E-state index in [4.69, 9.17) is 9.69 Å². The second-order valence-electron chi connectivity index (χ2n) is 7.43. The van der Waals surface area contributed by atoms with Gasteiger partial charge in [0.25, 0.3) is 0 Å². The van der Waals surface area contributed by atoms with Crippen molar-refractivity contribution in [2.24, 2.45) is 0 Å². The molecular formula is C21H35NOSi. The summed E-state index contributed by atoms with van der Waals surface area (Å²) in [5.41, 5.74) is 0.691. The molecule has 134 valence electrons. The van der Waals surface area contributed by atoms with Gasteiger partial charge in [-0.3, -0.25) is 0 Å². The first-order valence-corrected chi connectivity index (χ1v) is 12.9. The monoisotopic (exact) mass is 345 g/mol. The lowest BCUT2D eigenvalue weighted by Crippen LogP contribution is -2.33. The number of benzene rings is 1. The summed E-state index contributed by atoms with van der Waals surface area (Å²) in [7, 11) is -1.64. The van der Waals surface area contributed by atoms with Crippen molar-refractivity contribution in [2.75, 3.05) is 0 Å². The number of unbranched alkanes of at least 4 members (excludes halogenated alkanes) is 9. The van der Waals surface area contributed by atoms with Crippen LogP contribution in [0.15, 0.2) is 24.3 Å². The van der Waals surface area contributed by atoms with E-state index in [0.717, 1.165) is 5.75 Å². The summed E-state index contributed by atoms with van der Waals surface area (Å²) in [6.07, 6.45) is 13.8. The van der Waals surface area contributed by atoms with Gasteiger partial charge in [-0.1, -0.05) is 71.1 Å². The van der Waals surface area contributed by atoms with Crippen LogP contribution in [0.3, 0.4) is 0 Å². The van der Waals surface area contributed by atoms with Crippen LogP contribution in [0.25, 0.3) is 0 Å². The van der Waals surface area contributed by atoms with Crippen molar-refractivity contribution in [2.45, 2.75) is 90.3 Å². The Morgan fingerprint density at radius 1 is 0.833 bits per heavy atom. The fourth-order valence-electron chi connectivity index (χ4n) is 3.01. The van der Waals surface area contributed by atoms with Gasteiger partial charge in [-0.25, -0.2) is 0 Å². The van der Waals surface area contributed by atoms with Crippen LogP contribution >= 0.6 is 0 Å². The van der Waals surface area contributed by atoms with E-state index in [-0.39, 0.29) is 0 Å². The van der Waals surface area contributed by atoms with Crippen molar-refractivity contribution in [3.8, 4) is 11.8 Å². The maximum Gasteiger partial charge on any atom is 0.245 e. The third kappa shape index (κ3) is 9.77. The van der Waals surface area contributed by atoms with Gasteiger partial charge >= 0.3 is 0 Å². The lowest BCUT2D eigenvalue weighted by molar-refractivity contribution is 0.531. The van der Waals surface area contributed by atoms with Gasteiger partial charge in [0.2, 0.25) is 8.32 Å². The highest BCUT2D eigenvalue weighted by Gasteiger charge is 2.23. The molecular weight excluding hydrogens is 310 g/mol. The van der Waals surface area contributed by atoms with E-state index in [1.807, 2.05) is 24.3 Å². The smallest absolute Gasteiger partial charge is 0.245 e. The number of hydrogen-bond acceptors (Lipinski definition) is 2. The van der Waals surface area contributed by atoms with Gasteiger partial charge in [0.1, 0.15) is 5.75 Å². The predicted octanol–water partition coefficient (Wildman–Crippen LogP) is 7.06. The highest BCUT2D eigenvalue weighted by molar-refractivity contribution is 6.71. The fourth-order valence-corrected chi connectivity index (χ4v) is 4.98. The highest BCUT2D eigenvalue weighted by atomic mass is 28.4. The number of nitrogens with zero attached hydrogens (tertiary/aromatic N) is 1. The van der Waals surface area contributed by atoms with Crippen LogP contribution in [-0.4, -0.2) is 8.32 Å². The van der Waals surface area contributed by atoms with Gasteiger partial charge in [-0.05, 0) is 43.4 Å². The topological polar surface area (TPSA) is 33.0 Å². The molecule has 1 aromatic carbocycles. The van der Waals surface area contributed by atoms with E-state index in [9.17, 15) is 0 Å². The molecule has 1 rings (SSSR count). The van der Waals surface area contributed by atoms with E-state index >= 15 is 0 Å². The minimum absolute atomic E-state index is 0.691. The molecule has 0 saturated carbocycles. The third-order valence-electron chi connectivity index (χ3n) is 4.51. The summed E-state index contributed by atoms with van der Waals surface area (Å²) in [4.78, 5) is 0.